The number of urea groups is 1. The van der Waals surface area contributed by atoms with E-state index in [1.54, 1.807) is 28.9 Å². The molecule has 5 aromatic rings. The Balaban J connectivity index is 1.23. The maximum atomic E-state index is 12.6. The fourth-order valence-corrected chi connectivity index (χ4v) is 5.86. The molecule has 0 atom stereocenters. The SMILES string of the molecule is CNC(=O)N1CCn2c(C3CN(OC(=O)c4ccccc4)C3)nc(-c3ccc4c(c3)c(-c3cnn(C)c3)nn4C)c2C1. The minimum absolute atomic E-state index is 0.0979. The third-order valence-corrected chi connectivity index (χ3v) is 8.07. The van der Waals surface area contributed by atoms with E-state index in [-0.39, 0.29) is 17.9 Å². The van der Waals surface area contributed by atoms with Gasteiger partial charge >= 0.3 is 12.0 Å². The standard InChI is InChI=1S/C30H31N9O3/c1-31-30(41)37-11-12-39-25(18-37)27(33-28(39)22-16-38(17-22)42-29(40)19-7-5-4-6-8-19)20-9-10-24-23(13-20)26(34-36(24)3)21-14-32-35(2)15-21/h4-10,13-15,22H,11-12,16-18H2,1-3H3,(H,31,41). The van der Waals surface area contributed by atoms with Gasteiger partial charge in [-0.3, -0.25) is 9.36 Å². The van der Waals surface area contributed by atoms with Gasteiger partial charge in [-0.1, -0.05) is 24.3 Å². The van der Waals surface area contributed by atoms with Gasteiger partial charge in [0, 0.05) is 75.9 Å². The summed E-state index contributed by atoms with van der Waals surface area (Å²) in [4.78, 5) is 37.7. The minimum atomic E-state index is -0.365. The summed E-state index contributed by atoms with van der Waals surface area (Å²) < 4.78 is 5.89. The first-order valence-electron chi connectivity index (χ1n) is 13.9. The summed E-state index contributed by atoms with van der Waals surface area (Å²) in [5.41, 5.74) is 6.13. The van der Waals surface area contributed by atoms with E-state index in [2.05, 4.69) is 33.2 Å². The predicted molar refractivity (Wildman–Crippen MR) is 155 cm³/mol. The molecule has 1 fully saturated rings. The first-order chi connectivity index (χ1) is 20.4. The van der Waals surface area contributed by atoms with Crippen molar-refractivity contribution in [1.82, 2.24) is 44.4 Å². The molecule has 0 bridgehead atoms. The molecule has 2 aliphatic rings. The van der Waals surface area contributed by atoms with Crippen molar-refractivity contribution in [2.75, 3.05) is 26.7 Å². The Morgan fingerprint density at radius 3 is 2.55 bits per heavy atom. The van der Waals surface area contributed by atoms with Crippen molar-refractivity contribution in [3.05, 3.63) is 78.0 Å². The molecule has 2 aliphatic heterocycles. The highest BCUT2D eigenvalue weighted by Crippen LogP contribution is 2.37. The number of rotatable bonds is 5. The molecule has 0 unspecified atom stereocenters. The van der Waals surface area contributed by atoms with Crippen LogP contribution in [0.2, 0.25) is 0 Å². The van der Waals surface area contributed by atoms with Gasteiger partial charge in [0.25, 0.3) is 0 Å². The Hall–Kier alpha value is -4.97. The Labute approximate surface area is 242 Å². The highest BCUT2D eigenvalue weighted by molar-refractivity contribution is 5.96. The number of nitrogens with zero attached hydrogens (tertiary/aromatic N) is 8. The average molecular weight is 566 g/mol. The second-order valence-electron chi connectivity index (χ2n) is 10.8. The third kappa shape index (κ3) is 4.40. The molecule has 0 saturated carbocycles. The van der Waals surface area contributed by atoms with Crippen LogP contribution in [-0.4, -0.2) is 77.8 Å². The van der Waals surface area contributed by atoms with Gasteiger partial charge in [-0.15, -0.1) is 5.06 Å². The molecular formula is C30H31N9O3. The number of hydrogen-bond acceptors (Lipinski definition) is 7. The molecule has 214 valence electrons. The van der Waals surface area contributed by atoms with Gasteiger partial charge in [0.05, 0.1) is 35.2 Å². The Kier molecular flexibility index (Phi) is 6.27. The maximum Gasteiger partial charge on any atom is 0.357 e. The molecule has 42 heavy (non-hydrogen) atoms. The molecule has 1 saturated heterocycles. The van der Waals surface area contributed by atoms with Crippen LogP contribution in [0, 0.1) is 0 Å². The summed E-state index contributed by atoms with van der Waals surface area (Å²) in [6.07, 6.45) is 3.78. The highest BCUT2D eigenvalue weighted by Gasteiger charge is 2.38. The summed E-state index contributed by atoms with van der Waals surface area (Å²) in [5, 5.41) is 14.6. The summed E-state index contributed by atoms with van der Waals surface area (Å²) >= 11 is 0. The van der Waals surface area contributed by atoms with Crippen LogP contribution in [0.25, 0.3) is 33.4 Å². The lowest BCUT2D eigenvalue weighted by Crippen LogP contribution is -2.48. The van der Waals surface area contributed by atoms with Crippen LogP contribution >= 0.6 is 0 Å². The van der Waals surface area contributed by atoms with Gasteiger partial charge in [0.15, 0.2) is 0 Å². The lowest BCUT2D eigenvalue weighted by molar-refractivity contribution is -0.159. The van der Waals surface area contributed by atoms with Crippen molar-refractivity contribution in [2.45, 2.75) is 19.0 Å². The van der Waals surface area contributed by atoms with E-state index < -0.39 is 0 Å². The van der Waals surface area contributed by atoms with Crippen LogP contribution < -0.4 is 5.32 Å². The second-order valence-corrected chi connectivity index (χ2v) is 10.8. The normalized spacial score (nSPS) is 15.5. The van der Waals surface area contributed by atoms with Crippen LogP contribution in [0.5, 0.6) is 0 Å². The molecule has 7 rings (SSSR count). The number of aromatic nitrogens is 6. The quantitative estimate of drug-likeness (QED) is 0.348. The number of carbonyl (C=O) groups excluding carboxylic acids is 2. The van der Waals surface area contributed by atoms with Crippen LogP contribution in [0.3, 0.4) is 0 Å². The van der Waals surface area contributed by atoms with Crippen LogP contribution in [0.15, 0.2) is 60.9 Å². The third-order valence-electron chi connectivity index (χ3n) is 8.07. The topological polar surface area (TPSA) is 115 Å². The number of nitrogens with one attached hydrogen (secondary N) is 1. The van der Waals surface area contributed by atoms with Crippen molar-refractivity contribution < 1.29 is 14.4 Å². The summed E-state index contributed by atoms with van der Waals surface area (Å²) in [5.74, 6) is 0.679. The first-order valence-corrected chi connectivity index (χ1v) is 13.9. The molecule has 0 radical (unpaired) electrons. The van der Waals surface area contributed by atoms with E-state index in [0.717, 1.165) is 44.9 Å². The van der Waals surface area contributed by atoms with E-state index >= 15 is 0 Å². The van der Waals surface area contributed by atoms with Gasteiger partial charge in [-0.2, -0.15) is 10.2 Å². The lowest BCUT2D eigenvalue weighted by Gasteiger charge is -2.37. The number of aryl methyl sites for hydroxylation is 2. The van der Waals surface area contributed by atoms with Crippen LogP contribution in [0.1, 0.15) is 27.8 Å². The van der Waals surface area contributed by atoms with Crippen molar-refractivity contribution in [1.29, 1.82) is 0 Å². The zero-order valence-corrected chi connectivity index (χ0v) is 23.7. The molecule has 0 aliphatic carbocycles. The summed E-state index contributed by atoms with van der Waals surface area (Å²) in [6.45, 7) is 2.78. The fraction of sp³-hybridized carbons (Fsp3) is 0.300. The van der Waals surface area contributed by atoms with E-state index in [9.17, 15) is 9.59 Å². The van der Waals surface area contributed by atoms with E-state index in [4.69, 9.17) is 14.9 Å². The van der Waals surface area contributed by atoms with Crippen LogP contribution in [0.4, 0.5) is 4.79 Å². The molecule has 1 N–H and O–H groups in total. The molecule has 12 heteroatoms. The van der Waals surface area contributed by atoms with E-state index in [1.807, 2.05) is 54.3 Å². The molecule has 2 aromatic carbocycles. The highest BCUT2D eigenvalue weighted by atomic mass is 16.7. The molecule has 12 nitrogen and oxygen atoms in total. The van der Waals surface area contributed by atoms with Gasteiger partial charge in [0.1, 0.15) is 11.5 Å². The van der Waals surface area contributed by atoms with Crippen molar-refractivity contribution in [2.24, 2.45) is 14.1 Å². The Bertz CT molecular complexity index is 1810. The molecular weight excluding hydrogens is 534 g/mol. The first kappa shape index (κ1) is 26.0. The van der Waals surface area contributed by atoms with Gasteiger partial charge in [-0.25, -0.2) is 14.6 Å². The molecule has 2 amide bonds. The van der Waals surface area contributed by atoms with Crippen molar-refractivity contribution in [3.8, 4) is 22.5 Å². The van der Waals surface area contributed by atoms with E-state index in [1.165, 1.54) is 0 Å². The summed E-state index contributed by atoms with van der Waals surface area (Å²) in [6, 6.07) is 15.1. The Morgan fingerprint density at radius 1 is 1.00 bits per heavy atom. The van der Waals surface area contributed by atoms with Crippen LogP contribution in [-0.2, 0) is 32.0 Å². The maximum absolute atomic E-state index is 12.6. The number of benzene rings is 2. The van der Waals surface area contributed by atoms with Crippen molar-refractivity contribution in [3.63, 3.8) is 0 Å². The zero-order valence-electron chi connectivity index (χ0n) is 23.7. The fourth-order valence-electron chi connectivity index (χ4n) is 5.86. The number of carbonyl (C=O) groups is 2. The molecule has 3 aromatic heterocycles. The monoisotopic (exact) mass is 565 g/mol. The number of hydroxylamine groups is 2. The minimum Gasteiger partial charge on any atom is -0.364 e. The Morgan fingerprint density at radius 2 is 1.81 bits per heavy atom. The number of fused-ring (bicyclic) bond motifs is 2. The van der Waals surface area contributed by atoms with Gasteiger partial charge < -0.3 is 19.6 Å². The molecule has 5 heterocycles. The van der Waals surface area contributed by atoms with Gasteiger partial charge in [-0.05, 0) is 24.3 Å². The number of hydrogen-bond donors (Lipinski definition) is 1. The number of imidazole rings is 1. The largest absolute Gasteiger partial charge is 0.364 e. The molecule has 0 spiro atoms. The smallest absolute Gasteiger partial charge is 0.357 e. The van der Waals surface area contributed by atoms with Crippen molar-refractivity contribution >= 4 is 22.9 Å². The average Bonchev–Trinajstić information content (AvgIpc) is 3.69. The number of amides is 2. The van der Waals surface area contributed by atoms with Gasteiger partial charge in [0.2, 0.25) is 0 Å². The second kappa shape index (κ2) is 10.1. The summed E-state index contributed by atoms with van der Waals surface area (Å²) in [7, 11) is 5.48. The van der Waals surface area contributed by atoms with E-state index in [0.29, 0.717) is 38.3 Å². The lowest BCUT2D eigenvalue weighted by atomic mass is 10.0. The zero-order chi connectivity index (χ0) is 29.0. The predicted octanol–water partition coefficient (Wildman–Crippen LogP) is 3.16.